The van der Waals surface area contributed by atoms with Crippen LogP contribution in [0.15, 0.2) is 47.1 Å². The van der Waals surface area contributed by atoms with E-state index in [1.165, 1.54) is 12.8 Å². The van der Waals surface area contributed by atoms with Gasteiger partial charge in [-0.2, -0.15) is 0 Å². The number of hydrogen-bond donors (Lipinski definition) is 1. The first-order valence-corrected chi connectivity index (χ1v) is 12.4. The predicted octanol–water partition coefficient (Wildman–Crippen LogP) is 4.99. The van der Waals surface area contributed by atoms with Crippen LogP contribution in [0.3, 0.4) is 0 Å². The standard InChI is InChI=1S/C27H30N6O2/c1-3-4-10-32(2)17-18-15-21-23-24(35-27(21)29-16-18)26(33-11-13-34-14-12-33)31-25(30-23)20-6-5-7-22-19(20)8-9-28-22/h5-9,15-16,28H,3-4,10-14,17H2,1-2H3. The minimum atomic E-state index is 0.598. The summed E-state index contributed by atoms with van der Waals surface area (Å²) < 4.78 is 11.9. The Hall–Kier alpha value is -3.49. The number of furan rings is 1. The smallest absolute Gasteiger partial charge is 0.229 e. The maximum Gasteiger partial charge on any atom is 0.229 e. The zero-order chi connectivity index (χ0) is 23.8. The lowest BCUT2D eigenvalue weighted by Crippen LogP contribution is -2.37. The van der Waals surface area contributed by atoms with E-state index in [1.807, 2.05) is 18.5 Å². The predicted molar refractivity (Wildman–Crippen MR) is 139 cm³/mol. The highest BCUT2D eigenvalue weighted by atomic mass is 16.5. The molecule has 35 heavy (non-hydrogen) atoms. The van der Waals surface area contributed by atoms with Crippen LogP contribution < -0.4 is 4.90 Å². The van der Waals surface area contributed by atoms with E-state index in [-0.39, 0.29) is 0 Å². The number of aromatic amines is 1. The Morgan fingerprint density at radius 3 is 2.86 bits per heavy atom. The van der Waals surface area contributed by atoms with Crippen LogP contribution >= 0.6 is 0 Å². The molecule has 4 aromatic heterocycles. The summed E-state index contributed by atoms with van der Waals surface area (Å²) in [6.07, 6.45) is 6.24. The molecule has 0 spiro atoms. The van der Waals surface area contributed by atoms with Crippen molar-refractivity contribution in [3.8, 4) is 11.4 Å². The molecule has 0 unspecified atom stereocenters. The molecule has 180 valence electrons. The molecule has 0 saturated carbocycles. The van der Waals surface area contributed by atoms with E-state index >= 15 is 0 Å². The van der Waals surface area contributed by atoms with Crippen molar-refractivity contribution in [1.82, 2.24) is 24.8 Å². The molecule has 5 heterocycles. The molecule has 8 nitrogen and oxygen atoms in total. The largest absolute Gasteiger partial charge is 0.432 e. The Bertz CT molecular complexity index is 1480. The van der Waals surface area contributed by atoms with Gasteiger partial charge in [-0.25, -0.2) is 15.0 Å². The second-order valence-electron chi connectivity index (χ2n) is 9.28. The monoisotopic (exact) mass is 470 g/mol. The van der Waals surface area contributed by atoms with Crippen molar-refractivity contribution in [2.24, 2.45) is 0 Å². The van der Waals surface area contributed by atoms with Crippen LogP contribution in [0.25, 0.3) is 44.5 Å². The molecule has 0 radical (unpaired) electrons. The number of hydrogen-bond acceptors (Lipinski definition) is 7. The number of benzene rings is 1. The van der Waals surface area contributed by atoms with Crippen molar-refractivity contribution >= 4 is 38.9 Å². The van der Waals surface area contributed by atoms with Crippen molar-refractivity contribution in [3.63, 3.8) is 0 Å². The molecule has 0 aliphatic carbocycles. The minimum Gasteiger partial charge on any atom is -0.432 e. The molecule has 1 aromatic carbocycles. The number of unbranched alkanes of at least 4 members (excludes halogenated alkanes) is 1. The Morgan fingerprint density at radius 2 is 2.00 bits per heavy atom. The Kier molecular flexibility index (Phi) is 5.83. The van der Waals surface area contributed by atoms with Gasteiger partial charge >= 0.3 is 0 Å². The summed E-state index contributed by atoms with van der Waals surface area (Å²) in [5.41, 5.74) is 5.31. The number of H-pyrrole nitrogens is 1. The number of fused-ring (bicyclic) bond motifs is 4. The van der Waals surface area contributed by atoms with Crippen LogP contribution in [0.4, 0.5) is 5.82 Å². The highest BCUT2D eigenvalue weighted by Gasteiger charge is 2.24. The molecule has 1 N–H and O–H groups in total. The Morgan fingerprint density at radius 1 is 1.11 bits per heavy atom. The molecule has 0 bridgehead atoms. The van der Waals surface area contributed by atoms with E-state index in [1.54, 1.807) is 0 Å². The second-order valence-corrected chi connectivity index (χ2v) is 9.28. The fraction of sp³-hybridized carbons (Fsp3) is 0.370. The van der Waals surface area contributed by atoms with Gasteiger partial charge in [-0.05, 0) is 43.8 Å². The number of morpholine rings is 1. The first kappa shape index (κ1) is 22.0. The lowest BCUT2D eigenvalue weighted by Gasteiger charge is -2.27. The third-order valence-corrected chi connectivity index (χ3v) is 6.70. The van der Waals surface area contributed by atoms with Crippen LogP contribution in [-0.2, 0) is 11.3 Å². The summed E-state index contributed by atoms with van der Waals surface area (Å²) in [5, 5.41) is 2.03. The van der Waals surface area contributed by atoms with Gasteiger partial charge in [0.1, 0.15) is 5.52 Å². The molecular weight excluding hydrogens is 440 g/mol. The quantitative estimate of drug-likeness (QED) is 0.359. The fourth-order valence-corrected chi connectivity index (χ4v) is 4.85. The van der Waals surface area contributed by atoms with Crippen LogP contribution in [0, 0.1) is 0 Å². The van der Waals surface area contributed by atoms with E-state index < -0.39 is 0 Å². The normalized spacial score (nSPS) is 14.7. The van der Waals surface area contributed by atoms with Crippen molar-refractivity contribution in [3.05, 3.63) is 48.3 Å². The van der Waals surface area contributed by atoms with Crippen molar-refractivity contribution < 1.29 is 9.15 Å². The maximum absolute atomic E-state index is 6.29. The van der Waals surface area contributed by atoms with Crippen molar-refractivity contribution in [1.29, 1.82) is 0 Å². The summed E-state index contributed by atoms with van der Waals surface area (Å²) in [6.45, 7) is 6.98. The van der Waals surface area contributed by atoms with Crippen molar-refractivity contribution in [2.75, 3.05) is 44.8 Å². The van der Waals surface area contributed by atoms with Crippen molar-refractivity contribution in [2.45, 2.75) is 26.3 Å². The van der Waals surface area contributed by atoms with Crippen LogP contribution in [0.2, 0.25) is 0 Å². The molecule has 1 fully saturated rings. The van der Waals surface area contributed by atoms with Crippen LogP contribution in [0.1, 0.15) is 25.3 Å². The average molecular weight is 471 g/mol. The number of anilines is 1. The molecule has 8 heteroatoms. The lowest BCUT2D eigenvalue weighted by atomic mass is 10.1. The molecule has 0 amide bonds. The first-order valence-electron chi connectivity index (χ1n) is 12.4. The van der Waals surface area contributed by atoms with E-state index in [0.717, 1.165) is 64.9 Å². The molecule has 5 aromatic rings. The molecule has 1 aliphatic rings. The number of pyridine rings is 1. The molecular formula is C27H30N6O2. The summed E-state index contributed by atoms with van der Waals surface area (Å²) in [4.78, 5) is 22.6. The van der Waals surface area contributed by atoms with Gasteiger partial charge in [0.15, 0.2) is 17.2 Å². The van der Waals surface area contributed by atoms with Crippen LogP contribution in [-0.4, -0.2) is 64.7 Å². The number of nitrogens with one attached hydrogen (secondary N) is 1. The molecule has 1 saturated heterocycles. The van der Waals surface area contributed by atoms with Gasteiger partial charge in [-0.15, -0.1) is 0 Å². The maximum atomic E-state index is 6.29. The first-order chi connectivity index (χ1) is 17.2. The number of rotatable bonds is 7. The van der Waals surface area contributed by atoms with E-state index in [0.29, 0.717) is 30.3 Å². The third kappa shape index (κ3) is 4.13. The average Bonchev–Trinajstić information content (AvgIpc) is 3.52. The Balaban J connectivity index is 1.52. The van der Waals surface area contributed by atoms with Gasteiger partial charge in [0.2, 0.25) is 5.71 Å². The van der Waals surface area contributed by atoms with Gasteiger partial charge in [0, 0.05) is 48.5 Å². The van der Waals surface area contributed by atoms with Gasteiger partial charge in [0.25, 0.3) is 0 Å². The van der Waals surface area contributed by atoms with Gasteiger partial charge in [-0.1, -0.05) is 25.5 Å². The lowest BCUT2D eigenvalue weighted by molar-refractivity contribution is 0.122. The summed E-state index contributed by atoms with van der Waals surface area (Å²) >= 11 is 0. The number of nitrogens with zero attached hydrogens (tertiary/aromatic N) is 5. The zero-order valence-corrected chi connectivity index (χ0v) is 20.3. The SMILES string of the molecule is CCCCN(C)Cc1cnc2oc3c(N4CCOCC4)nc(-c4cccc5[nH]ccc45)nc3c2c1. The van der Waals surface area contributed by atoms with Gasteiger partial charge in [0.05, 0.1) is 18.6 Å². The fourth-order valence-electron chi connectivity index (χ4n) is 4.85. The number of aromatic nitrogens is 4. The van der Waals surface area contributed by atoms with Crippen LogP contribution in [0.5, 0.6) is 0 Å². The van der Waals surface area contributed by atoms with E-state index in [2.05, 4.69) is 58.0 Å². The third-order valence-electron chi connectivity index (χ3n) is 6.70. The highest BCUT2D eigenvalue weighted by molar-refractivity contribution is 6.06. The van der Waals surface area contributed by atoms with E-state index in [4.69, 9.17) is 19.1 Å². The molecule has 0 atom stereocenters. The minimum absolute atomic E-state index is 0.598. The topological polar surface area (TPSA) is 83.3 Å². The van der Waals surface area contributed by atoms with Gasteiger partial charge in [-0.3, -0.25) is 0 Å². The van der Waals surface area contributed by atoms with Gasteiger partial charge < -0.3 is 23.9 Å². The number of ether oxygens (including phenoxy) is 1. The summed E-state index contributed by atoms with van der Waals surface area (Å²) in [7, 11) is 2.15. The highest BCUT2D eigenvalue weighted by Crippen LogP contribution is 2.36. The second kappa shape index (κ2) is 9.28. The summed E-state index contributed by atoms with van der Waals surface area (Å²) in [5.74, 6) is 1.50. The summed E-state index contributed by atoms with van der Waals surface area (Å²) in [6, 6.07) is 10.4. The molecule has 1 aliphatic heterocycles. The zero-order valence-electron chi connectivity index (χ0n) is 20.3. The van der Waals surface area contributed by atoms with E-state index in [9.17, 15) is 0 Å². The molecule has 6 rings (SSSR count). The Labute approximate surface area is 203 Å².